The van der Waals surface area contributed by atoms with E-state index in [1.807, 2.05) is 9.47 Å². The Labute approximate surface area is 83.7 Å². The average molecular weight is 204 g/mol. The summed E-state index contributed by atoms with van der Waals surface area (Å²) in [5, 5.41) is 0. The Kier molecular flexibility index (Phi) is 9.91. The summed E-state index contributed by atoms with van der Waals surface area (Å²) in [7, 11) is 1.99. The maximum absolute atomic E-state index is 10.7. The molecule has 0 aliphatic heterocycles. The smallest absolute Gasteiger partial charge is 0.307 e. The van der Waals surface area contributed by atoms with Crippen LogP contribution in [0.15, 0.2) is 0 Å². The molecule has 2 nitrogen and oxygen atoms in total. The molecule has 0 rings (SSSR count). The molecule has 0 saturated carbocycles. The van der Waals surface area contributed by atoms with E-state index in [1.165, 1.54) is 32.1 Å². The molecule has 0 spiro atoms. The summed E-state index contributed by atoms with van der Waals surface area (Å²) in [4.78, 5) is 10.7. The first kappa shape index (κ1) is 12.9. The van der Waals surface area contributed by atoms with Gasteiger partial charge in [-0.15, -0.1) is 0 Å². The molecule has 0 heterocycles. The Bertz CT molecular complexity index is 126. The SMILES string of the molecule is CCCCCCCCCC(=O)OP. The van der Waals surface area contributed by atoms with Crippen molar-refractivity contribution in [1.29, 1.82) is 0 Å². The second-order valence-electron chi connectivity index (χ2n) is 3.36. The Morgan fingerprint density at radius 3 is 2.15 bits per heavy atom. The van der Waals surface area contributed by atoms with Crippen LogP contribution in [-0.4, -0.2) is 5.97 Å². The first-order valence-electron chi connectivity index (χ1n) is 5.20. The van der Waals surface area contributed by atoms with Crippen LogP contribution in [0.2, 0.25) is 0 Å². The molecular formula is C10H21O2P. The maximum Gasteiger partial charge on any atom is 0.307 e. The van der Waals surface area contributed by atoms with Crippen molar-refractivity contribution in [3.63, 3.8) is 0 Å². The van der Waals surface area contributed by atoms with E-state index in [2.05, 4.69) is 11.4 Å². The molecule has 78 valence electrons. The minimum absolute atomic E-state index is 0.112. The molecule has 0 aromatic heterocycles. The predicted octanol–water partition coefficient (Wildman–Crippen LogP) is 3.46. The summed E-state index contributed by atoms with van der Waals surface area (Å²) in [6.07, 6.45) is 9.23. The van der Waals surface area contributed by atoms with E-state index in [-0.39, 0.29) is 5.97 Å². The van der Waals surface area contributed by atoms with Gasteiger partial charge in [-0.25, -0.2) is 0 Å². The van der Waals surface area contributed by atoms with E-state index >= 15 is 0 Å². The fourth-order valence-electron chi connectivity index (χ4n) is 1.29. The molecule has 0 aliphatic rings. The van der Waals surface area contributed by atoms with E-state index in [0.717, 1.165) is 12.8 Å². The fraction of sp³-hybridized carbons (Fsp3) is 0.900. The molecule has 3 heteroatoms. The summed E-state index contributed by atoms with van der Waals surface area (Å²) in [5.41, 5.74) is 0. The standard InChI is InChI=1S/C10H21O2P/c1-2-3-4-5-6-7-8-9-10(11)12-13/h2-9,13H2,1H3. The summed E-state index contributed by atoms with van der Waals surface area (Å²) in [6.45, 7) is 2.22. The van der Waals surface area contributed by atoms with Crippen molar-refractivity contribution >= 4 is 15.4 Å². The third kappa shape index (κ3) is 9.82. The number of hydrogen-bond donors (Lipinski definition) is 0. The van der Waals surface area contributed by atoms with Gasteiger partial charge >= 0.3 is 5.97 Å². The van der Waals surface area contributed by atoms with Crippen LogP contribution in [0, 0.1) is 0 Å². The van der Waals surface area contributed by atoms with Crippen molar-refractivity contribution < 1.29 is 9.32 Å². The zero-order valence-corrected chi connectivity index (χ0v) is 9.71. The molecule has 1 unspecified atom stereocenters. The minimum Gasteiger partial charge on any atom is -0.452 e. The quantitative estimate of drug-likeness (QED) is 0.447. The van der Waals surface area contributed by atoms with Crippen molar-refractivity contribution in [2.75, 3.05) is 0 Å². The first-order chi connectivity index (χ1) is 6.31. The highest BCUT2D eigenvalue weighted by molar-refractivity contribution is 7.10. The van der Waals surface area contributed by atoms with Crippen LogP contribution >= 0.6 is 9.47 Å². The van der Waals surface area contributed by atoms with Crippen molar-refractivity contribution in [1.82, 2.24) is 0 Å². The Morgan fingerprint density at radius 2 is 1.62 bits per heavy atom. The van der Waals surface area contributed by atoms with Gasteiger partial charge in [0.1, 0.15) is 0 Å². The second kappa shape index (κ2) is 9.98. The van der Waals surface area contributed by atoms with Crippen LogP contribution < -0.4 is 0 Å². The highest BCUT2D eigenvalue weighted by Gasteiger charge is 1.98. The van der Waals surface area contributed by atoms with Gasteiger partial charge in [0.05, 0.1) is 9.47 Å². The lowest BCUT2D eigenvalue weighted by molar-refractivity contribution is -0.133. The van der Waals surface area contributed by atoms with Crippen LogP contribution in [0.4, 0.5) is 0 Å². The van der Waals surface area contributed by atoms with Gasteiger partial charge in [0.25, 0.3) is 0 Å². The van der Waals surface area contributed by atoms with Gasteiger partial charge in [-0.2, -0.15) is 0 Å². The lowest BCUT2D eigenvalue weighted by atomic mass is 10.1. The predicted molar refractivity (Wildman–Crippen MR) is 58.4 cm³/mol. The summed E-state index contributed by atoms with van der Waals surface area (Å²) in [6, 6.07) is 0. The minimum atomic E-state index is -0.112. The van der Waals surface area contributed by atoms with Gasteiger partial charge in [-0.1, -0.05) is 45.4 Å². The van der Waals surface area contributed by atoms with Crippen molar-refractivity contribution in [3.05, 3.63) is 0 Å². The first-order valence-corrected chi connectivity index (χ1v) is 5.68. The number of rotatable bonds is 8. The van der Waals surface area contributed by atoms with Crippen molar-refractivity contribution in [2.24, 2.45) is 0 Å². The largest absolute Gasteiger partial charge is 0.452 e. The van der Waals surface area contributed by atoms with Gasteiger partial charge in [-0.3, -0.25) is 4.79 Å². The monoisotopic (exact) mass is 204 g/mol. The Hall–Kier alpha value is -0.100. The Balaban J connectivity index is 2.95. The lowest BCUT2D eigenvalue weighted by Gasteiger charge is -2.00. The molecule has 0 bridgehead atoms. The second-order valence-corrected chi connectivity index (χ2v) is 3.60. The number of carbonyl (C=O) groups is 1. The zero-order chi connectivity index (χ0) is 9.94. The number of unbranched alkanes of at least 4 members (excludes halogenated alkanes) is 6. The van der Waals surface area contributed by atoms with Crippen LogP contribution in [0.3, 0.4) is 0 Å². The molecule has 0 saturated heterocycles. The topological polar surface area (TPSA) is 26.3 Å². The average Bonchev–Trinajstić information content (AvgIpc) is 2.16. The number of carbonyl (C=O) groups excluding carboxylic acids is 1. The third-order valence-electron chi connectivity index (χ3n) is 2.12. The van der Waals surface area contributed by atoms with Crippen LogP contribution in [0.25, 0.3) is 0 Å². The molecule has 0 radical (unpaired) electrons. The Morgan fingerprint density at radius 1 is 1.08 bits per heavy atom. The molecule has 0 amide bonds. The van der Waals surface area contributed by atoms with Crippen LogP contribution in [-0.2, 0) is 9.32 Å². The zero-order valence-electron chi connectivity index (χ0n) is 8.55. The third-order valence-corrected chi connectivity index (χ3v) is 2.38. The highest BCUT2D eigenvalue weighted by Crippen LogP contribution is 2.09. The summed E-state index contributed by atoms with van der Waals surface area (Å²) >= 11 is 0. The number of hydrogen-bond acceptors (Lipinski definition) is 2. The molecule has 13 heavy (non-hydrogen) atoms. The normalized spacial score (nSPS) is 10.0. The van der Waals surface area contributed by atoms with Crippen molar-refractivity contribution in [3.8, 4) is 0 Å². The van der Waals surface area contributed by atoms with Crippen LogP contribution in [0.5, 0.6) is 0 Å². The summed E-state index contributed by atoms with van der Waals surface area (Å²) in [5.74, 6) is -0.112. The molecule has 0 fully saturated rings. The lowest BCUT2D eigenvalue weighted by Crippen LogP contribution is -1.95. The van der Waals surface area contributed by atoms with E-state index in [0.29, 0.717) is 6.42 Å². The van der Waals surface area contributed by atoms with Gasteiger partial charge in [0.2, 0.25) is 0 Å². The van der Waals surface area contributed by atoms with Gasteiger partial charge < -0.3 is 4.52 Å². The molecule has 1 atom stereocenters. The summed E-state index contributed by atoms with van der Waals surface area (Å²) < 4.78 is 4.47. The van der Waals surface area contributed by atoms with Gasteiger partial charge in [0.15, 0.2) is 0 Å². The van der Waals surface area contributed by atoms with Gasteiger partial charge in [0, 0.05) is 6.42 Å². The maximum atomic E-state index is 10.7. The van der Waals surface area contributed by atoms with Gasteiger partial charge in [-0.05, 0) is 6.42 Å². The van der Waals surface area contributed by atoms with Crippen LogP contribution in [0.1, 0.15) is 58.3 Å². The fourth-order valence-corrected chi connectivity index (χ4v) is 1.40. The van der Waals surface area contributed by atoms with E-state index in [1.54, 1.807) is 0 Å². The van der Waals surface area contributed by atoms with E-state index in [9.17, 15) is 4.79 Å². The molecule has 0 aliphatic carbocycles. The molecular weight excluding hydrogens is 183 g/mol. The highest BCUT2D eigenvalue weighted by atomic mass is 31.0. The van der Waals surface area contributed by atoms with E-state index in [4.69, 9.17) is 0 Å². The van der Waals surface area contributed by atoms with Crippen molar-refractivity contribution in [2.45, 2.75) is 58.3 Å². The molecule has 0 aromatic carbocycles. The molecule has 0 aromatic rings. The van der Waals surface area contributed by atoms with E-state index < -0.39 is 0 Å². The molecule has 0 N–H and O–H groups in total.